The standard InChI is InChI=1S/C31H26FN5O5/c1-2-36-28(35-26(27(38)31(36)41)29(39)34-17-20-11-13-22(32)14-12-20)25-16-23(42-19-21-8-4-3-5-9-21)18-37(25)30(40)24-10-6-7-15-33-24/h1,3-15,23,25,38H,16-19H2,(H,34,39)/t23-,25+/m1/s1. The highest BCUT2D eigenvalue weighted by molar-refractivity contribution is 5.95. The van der Waals surface area contributed by atoms with Crippen molar-refractivity contribution in [2.75, 3.05) is 6.54 Å². The smallest absolute Gasteiger partial charge is 0.308 e. The summed E-state index contributed by atoms with van der Waals surface area (Å²) in [6.07, 6.45) is 6.88. The minimum absolute atomic E-state index is 0.0170. The monoisotopic (exact) mass is 567 g/mol. The summed E-state index contributed by atoms with van der Waals surface area (Å²) in [5.41, 5.74) is 0.0994. The van der Waals surface area contributed by atoms with Gasteiger partial charge in [-0.2, -0.15) is 0 Å². The number of aromatic hydroxyl groups is 1. The van der Waals surface area contributed by atoms with Crippen molar-refractivity contribution in [2.24, 2.45) is 0 Å². The minimum Gasteiger partial charge on any atom is -0.501 e. The minimum atomic E-state index is -1.03. The van der Waals surface area contributed by atoms with Crippen molar-refractivity contribution >= 4 is 11.8 Å². The van der Waals surface area contributed by atoms with Gasteiger partial charge in [0.1, 0.15) is 17.3 Å². The van der Waals surface area contributed by atoms with Crippen LogP contribution in [0.2, 0.25) is 0 Å². The molecule has 1 aliphatic rings. The van der Waals surface area contributed by atoms with E-state index in [0.29, 0.717) is 5.56 Å². The first-order valence-corrected chi connectivity index (χ1v) is 13.1. The molecule has 212 valence electrons. The molecule has 2 aromatic carbocycles. The van der Waals surface area contributed by atoms with Crippen LogP contribution in [0.4, 0.5) is 4.39 Å². The van der Waals surface area contributed by atoms with E-state index in [1.54, 1.807) is 18.2 Å². The van der Waals surface area contributed by atoms with E-state index in [1.165, 1.54) is 35.4 Å². The second-order valence-electron chi connectivity index (χ2n) is 9.59. The molecule has 2 amide bonds. The number of amides is 2. The summed E-state index contributed by atoms with van der Waals surface area (Å²) >= 11 is 0. The van der Waals surface area contributed by atoms with Crippen molar-refractivity contribution < 1.29 is 23.8 Å². The van der Waals surface area contributed by atoms with Gasteiger partial charge in [-0.15, -0.1) is 0 Å². The molecule has 11 heteroatoms. The number of ether oxygens (including phenoxy) is 1. The second kappa shape index (κ2) is 12.4. The van der Waals surface area contributed by atoms with Gasteiger partial charge in [-0.3, -0.25) is 19.4 Å². The van der Waals surface area contributed by atoms with Crippen LogP contribution in [0, 0.1) is 18.3 Å². The van der Waals surface area contributed by atoms with Crippen molar-refractivity contribution in [2.45, 2.75) is 31.7 Å². The Morgan fingerprint density at radius 2 is 1.81 bits per heavy atom. The number of terminal acetylenes is 1. The predicted octanol–water partition coefficient (Wildman–Crippen LogP) is 3.02. The molecule has 1 fully saturated rings. The number of likely N-dealkylation sites (tertiary alicyclic amines) is 1. The Kier molecular flexibility index (Phi) is 8.36. The lowest BCUT2D eigenvalue weighted by Crippen LogP contribution is -2.37. The van der Waals surface area contributed by atoms with Gasteiger partial charge in [-0.1, -0.05) is 55.0 Å². The fourth-order valence-electron chi connectivity index (χ4n) is 4.72. The van der Waals surface area contributed by atoms with Gasteiger partial charge in [0, 0.05) is 31.8 Å². The average molecular weight is 568 g/mol. The van der Waals surface area contributed by atoms with Crippen LogP contribution in [-0.4, -0.2) is 49.0 Å². The lowest BCUT2D eigenvalue weighted by atomic mass is 10.1. The molecule has 10 nitrogen and oxygen atoms in total. The fraction of sp³-hybridized carbons (Fsp3) is 0.194. The number of carbonyl (C=O) groups excluding carboxylic acids is 2. The Morgan fingerprint density at radius 1 is 1.07 bits per heavy atom. The van der Waals surface area contributed by atoms with Gasteiger partial charge in [0.15, 0.2) is 5.69 Å². The largest absolute Gasteiger partial charge is 0.501 e. The Morgan fingerprint density at radius 3 is 2.50 bits per heavy atom. The number of carbonyl (C=O) groups is 2. The van der Waals surface area contributed by atoms with E-state index in [9.17, 15) is 23.9 Å². The number of halogens is 1. The van der Waals surface area contributed by atoms with Gasteiger partial charge >= 0.3 is 5.56 Å². The van der Waals surface area contributed by atoms with Crippen molar-refractivity contribution in [3.8, 4) is 18.2 Å². The van der Waals surface area contributed by atoms with Gasteiger partial charge in [-0.05, 0) is 35.4 Å². The van der Waals surface area contributed by atoms with Crippen molar-refractivity contribution in [1.82, 2.24) is 24.8 Å². The highest BCUT2D eigenvalue weighted by Gasteiger charge is 2.41. The quantitative estimate of drug-likeness (QED) is 0.314. The van der Waals surface area contributed by atoms with Crippen LogP contribution < -0.4 is 10.9 Å². The zero-order chi connectivity index (χ0) is 29.6. The molecule has 0 unspecified atom stereocenters. The number of hydrogen-bond donors (Lipinski definition) is 2. The summed E-state index contributed by atoms with van der Waals surface area (Å²) in [6.45, 7) is 0.406. The molecule has 2 N–H and O–H groups in total. The molecule has 0 aliphatic carbocycles. The van der Waals surface area contributed by atoms with E-state index in [-0.39, 0.29) is 37.6 Å². The Hall–Kier alpha value is -5.34. The van der Waals surface area contributed by atoms with Gasteiger partial charge in [0.05, 0.1) is 18.8 Å². The molecule has 4 aromatic rings. The summed E-state index contributed by atoms with van der Waals surface area (Å²) in [4.78, 5) is 49.7. The summed E-state index contributed by atoms with van der Waals surface area (Å²) in [5.74, 6) is -2.75. The fourth-order valence-corrected chi connectivity index (χ4v) is 4.72. The van der Waals surface area contributed by atoms with Crippen molar-refractivity contribution in [3.63, 3.8) is 0 Å². The summed E-state index contributed by atoms with van der Waals surface area (Å²) in [5, 5.41) is 13.1. The first-order valence-electron chi connectivity index (χ1n) is 13.1. The Labute approximate surface area is 240 Å². The normalized spacial score (nSPS) is 16.1. The average Bonchev–Trinajstić information content (AvgIpc) is 3.45. The summed E-state index contributed by atoms with van der Waals surface area (Å²) in [7, 11) is 0. The first-order chi connectivity index (χ1) is 20.4. The van der Waals surface area contributed by atoms with E-state index in [2.05, 4.69) is 21.3 Å². The van der Waals surface area contributed by atoms with Crippen LogP contribution in [0.25, 0.3) is 0 Å². The molecule has 0 spiro atoms. The summed E-state index contributed by atoms with van der Waals surface area (Å²) in [6, 6.07) is 21.2. The van der Waals surface area contributed by atoms with E-state index >= 15 is 0 Å². The maximum absolute atomic E-state index is 13.6. The van der Waals surface area contributed by atoms with Crippen molar-refractivity contribution in [1.29, 1.82) is 0 Å². The Bertz CT molecular complexity index is 1690. The van der Waals surface area contributed by atoms with Crippen LogP contribution >= 0.6 is 0 Å². The second-order valence-corrected chi connectivity index (χ2v) is 9.59. The molecular weight excluding hydrogens is 541 g/mol. The maximum Gasteiger partial charge on any atom is 0.308 e. The van der Waals surface area contributed by atoms with Crippen molar-refractivity contribution in [3.05, 3.63) is 124 Å². The molecule has 1 aliphatic heterocycles. The highest BCUT2D eigenvalue weighted by atomic mass is 19.1. The molecule has 5 rings (SSSR count). The van der Waals surface area contributed by atoms with E-state index in [1.807, 2.05) is 30.3 Å². The predicted molar refractivity (Wildman–Crippen MR) is 150 cm³/mol. The van der Waals surface area contributed by atoms with E-state index < -0.39 is 46.8 Å². The third-order valence-electron chi connectivity index (χ3n) is 6.83. The SMILES string of the molecule is C#Cn1c([C@@H]2C[C@@H](OCc3ccccc3)CN2C(=O)c2ccccn2)nc(C(=O)NCc2ccc(F)cc2)c(O)c1=O. The van der Waals surface area contributed by atoms with Crippen LogP contribution in [-0.2, 0) is 17.9 Å². The van der Waals surface area contributed by atoms with E-state index in [0.717, 1.165) is 10.1 Å². The van der Waals surface area contributed by atoms with Gasteiger partial charge in [0.25, 0.3) is 11.8 Å². The molecule has 0 saturated carbocycles. The third kappa shape index (κ3) is 6.04. The molecule has 1 saturated heterocycles. The molecule has 2 aromatic heterocycles. The van der Waals surface area contributed by atoms with Gasteiger partial charge in [0.2, 0.25) is 5.75 Å². The number of rotatable bonds is 8. The summed E-state index contributed by atoms with van der Waals surface area (Å²) < 4.78 is 20.2. The molecule has 42 heavy (non-hydrogen) atoms. The number of benzene rings is 2. The number of hydrogen-bond acceptors (Lipinski definition) is 7. The van der Waals surface area contributed by atoms with Crippen LogP contribution in [0.3, 0.4) is 0 Å². The maximum atomic E-state index is 13.6. The van der Waals surface area contributed by atoms with Crippen LogP contribution in [0.5, 0.6) is 5.75 Å². The molecular formula is C31H26FN5O5. The molecule has 3 heterocycles. The van der Waals surface area contributed by atoms with Gasteiger partial charge in [-0.25, -0.2) is 13.9 Å². The lowest BCUT2D eigenvalue weighted by Gasteiger charge is -2.25. The Balaban J connectivity index is 1.47. The zero-order valence-electron chi connectivity index (χ0n) is 22.3. The lowest BCUT2D eigenvalue weighted by molar-refractivity contribution is 0.0436. The first kappa shape index (κ1) is 28.2. The highest BCUT2D eigenvalue weighted by Crippen LogP contribution is 2.34. The molecule has 0 radical (unpaired) electrons. The number of aromatic nitrogens is 3. The van der Waals surface area contributed by atoms with E-state index in [4.69, 9.17) is 11.2 Å². The number of nitrogens with one attached hydrogen (secondary N) is 1. The topological polar surface area (TPSA) is 127 Å². The van der Waals surface area contributed by atoms with Crippen LogP contribution in [0.15, 0.2) is 83.8 Å². The number of nitrogens with zero attached hydrogens (tertiary/aromatic N) is 4. The zero-order valence-corrected chi connectivity index (χ0v) is 22.3. The number of pyridine rings is 1. The van der Waals surface area contributed by atoms with Crippen LogP contribution in [0.1, 0.15) is 50.4 Å². The van der Waals surface area contributed by atoms with Gasteiger partial charge < -0.3 is 20.1 Å². The molecule has 0 bridgehead atoms. The molecule has 2 atom stereocenters. The third-order valence-corrected chi connectivity index (χ3v) is 6.83.